The second-order valence-corrected chi connectivity index (χ2v) is 6.74. The van der Waals surface area contributed by atoms with E-state index in [0.717, 1.165) is 12.8 Å². The number of hydrogen-bond acceptors (Lipinski definition) is 7. The summed E-state index contributed by atoms with van der Waals surface area (Å²) in [5.74, 6) is -0.766. The molecule has 0 unspecified atom stereocenters. The van der Waals surface area contributed by atoms with E-state index in [0.29, 0.717) is 24.0 Å². The topological polar surface area (TPSA) is 72.8 Å². The van der Waals surface area contributed by atoms with Gasteiger partial charge in [-0.2, -0.15) is 5.10 Å². The van der Waals surface area contributed by atoms with Crippen LogP contribution < -0.4 is 10.2 Å². The maximum atomic E-state index is 14.5. The molecular formula is C18H21ClFN3O3S. The number of carbonyl (C=O) groups excluding carboxylic acids is 1. The summed E-state index contributed by atoms with van der Waals surface area (Å²) in [6.07, 6.45) is 3.16. The number of thiazole rings is 1. The molecule has 146 valence electrons. The summed E-state index contributed by atoms with van der Waals surface area (Å²) in [5, 5.41) is 6.40. The van der Waals surface area contributed by atoms with Gasteiger partial charge in [-0.1, -0.05) is 24.9 Å². The molecule has 2 rings (SSSR count). The van der Waals surface area contributed by atoms with E-state index in [1.54, 1.807) is 18.4 Å². The average Bonchev–Trinajstić information content (AvgIpc) is 3.07. The number of aromatic nitrogens is 1. The number of benzene rings is 1. The first-order valence-corrected chi connectivity index (χ1v) is 9.80. The van der Waals surface area contributed by atoms with Gasteiger partial charge in [-0.05, 0) is 25.5 Å². The third-order valence-corrected chi connectivity index (χ3v) is 4.51. The Bertz CT molecular complexity index is 798. The first-order valence-electron chi connectivity index (χ1n) is 8.55. The maximum absolute atomic E-state index is 14.5. The van der Waals surface area contributed by atoms with Gasteiger partial charge in [0.25, 0.3) is 0 Å². The largest absolute Gasteiger partial charge is 0.490 e. The number of hydrogen-bond donors (Lipinski definition) is 1. The molecule has 6 nitrogen and oxygen atoms in total. The molecule has 1 heterocycles. The van der Waals surface area contributed by atoms with E-state index in [1.165, 1.54) is 23.6 Å². The van der Waals surface area contributed by atoms with Crippen molar-refractivity contribution in [1.82, 2.24) is 4.98 Å². The number of anilines is 1. The van der Waals surface area contributed by atoms with E-state index in [4.69, 9.17) is 21.1 Å². The van der Waals surface area contributed by atoms with Crippen LogP contribution in [0.4, 0.5) is 9.52 Å². The van der Waals surface area contributed by atoms with Gasteiger partial charge in [0.05, 0.1) is 42.1 Å². The fourth-order valence-electron chi connectivity index (χ4n) is 2.06. The Balaban J connectivity index is 2.00. The predicted octanol–water partition coefficient (Wildman–Crippen LogP) is 4.67. The van der Waals surface area contributed by atoms with Crippen molar-refractivity contribution in [2.75, 3.05) is 18.6 Å². The lowest BCUT2D eigenvalue weighted by Gasteiger charge is -2.09. The normalized spacial score (nSPS) is 11.0. The molecule has 0 bridgehead atoms. The van der Waals surface area contributed by atoms with Gasteiger partial charge in [0.15, 0.2) is 11.6 Å². The lowest BCUT2D eigenvalue weighted by molar-refractivity contribution is -0.142. The lowest BCUT2D eigenvalue weighted by Crippen LogP contribution is -2.07. The minimum Gasteiger partial charge on any atom is -0.490 e. The van der Waals surface area contributed by atoms with E-state index in [1.807, 2.05) is 6.92 Å². The molecule has 0 spiro atoms. The molecule has 0 saturated heterocycles. The molecule has 0 aliphatic heterocycles. The van der Waals surface area contributed by atoms with Crippen LogP contribution in [0.1, 0.15) is 37.9 Å². The van der Waals surface area contributed by atoms with Gasteiger partial charge in [0.1, 0.15) is 0 Å². The zero-order valence-electron chi connectivity index (χ0n) is 15.1. The highest BCUT2D eigenvalue weighted by Gasteiger charge is 2.12. The molecule has 27 heavy (non-hydrogen) atoms. The maximum Gasteiger partial charge on any atom is 0.311 e. The van der Waals surface area contributed by atoms with Crippen molar-refractivity contribution in [1.29, 1.82) is 0 Å². The zero-order chi connectivity index (χ0) is 19.6. The van der Waals surface area contributed by atoms with Crippen molar-refractivity contribution in [3.63, 3.8) is 0 Å². The molecule has 0 aliphatic rings. The Kier molecular flexibility index (Phi) is 8.47. The molecule has 9 heteroatoms. The highest BCUT2D eigenvalue weighted by atomic mass is 35.5. The molecule has 2 aromatic rings. The van der Waals surface area contributed by atoms with Crippen molar-refractivity contribution >= 4 is 40.3 Å². The van der Waals surface area contributed by atoms with Gasteiger partial charge in [-0.25, -0.2) is 9.37 Å². The lowest BCUT2D eigenvalue weighted by atomic mass is 10.2. The van der Waals surface area contributed by atoms with Gasteiger partial charge in [0.2, 0.25) is 5.13 Å². The number of rotatable bonds is 10. The Morgan fingerprint density at radius 3 is 3.00 bits per heavy atom. The van der Waals surface area contributed by atoms with E-state index in [2.05, 4.69) is 15.5 Å². The fraction of sp³-hybridized carbons (Fsp3) is 0.389. The van der Waals surface area contributed by atoms with Gasteiger partial charge < -0.3 is 9.47 Å². The highest BCUT2D eigenvalue weighted by molar-refractivity contribution is 7.13. The van der Waals surface area contributed by atoms with Crippen LogP contribution in [0.25, 0.3) is 0 Å². The van der Waals surface area contributed by atoms with Crippen LogP contribution in [-0.4, -0.2) is 30.4 Å². The Labute approximate surface area is 166 Å². The number of unbranched alkanes of at least 4 members (excludes halogenated alkanes) is 1. The van der Waals surface area contributed by atoms with Crippen molar-refractivity contribution in [3.8, 4) is 5.75 Å². The molecule has 0 atom stereocenters. The van der Waals surface area contributed by atoms with E-state index < -0.39 is 5.82 Å². The quantitative estimate of drug-likeness (QED) is 0.265. The summed E-state index contributed by atoms with van der Waals surface area (Å²) >= 11 is 7.33. The van der Waals surface area contributed by atoms with Crippen LogP contribution in [0.15, 0.2) is 22.6 Å². The summed E-state index contributed by atoms with van der Waals surface area (Å²) in [7, 11) is 0. The van der Waals surface area contributed by atoms with Crippen molar-refractivity contribution in [3.05, 3.63) is 39.6 Å². The summed E-state index contributed by atoms with van der Waals surface area (Å²) in [6.45, 7) is 4.54. The second kappa shape index (κ2) is 10.8. The predicted molar refractivity (Wildman–Crippen MR) is 105 cm³/mol. The average molecular weight is 414 g/mol. The highest BCUT2D eigenvalue weighted by Crippen LogP contribution is 2.26. The number of carbonyl (C=O) groups is 1. The number of esters is 1. The summed E-state index contributed by atoms with van der Waals surface area (Å²) in [4.78, 5) is 15.7. The summed E-state index contributed by atoms with van der Waals surface area (Å²) in [5.41, 5.74) is 3.41. The summed E-state index contributed by atoms with van der Waals surface area (Å²) < 4.78 is 24.8. The molecule has 0 aliphatic carbocycles. The molecule has 0 amide bonds. The first-order chi connectivity index (χ1) is 13.0. The second-order valence-electron chi connectivity index (χ2n) is 5.47. The third kappa shape index (κ3) is 6.48. The zero-order valence-corrected chi connectivity index (χ0v) is 16.7. The number of hydrazone groups is 1. The van der Waals surface area contributed by atoms with Crippen LogP contribution >= 0.6 is 22.9 Å². The summed E-state index contributed by atoms with van der Waals surface area (Å²) in [6, 6.07) is 3.06. The van der Waals surface area contributed by atoms with Crippen molar-refractivity contribution < 1.29 is 18.7 Å². The van der Waals surface area contributed by atoms with Crippen LogP contribution in [0.3, 0.4) is 0 Å². The van der Waals surface area contributed by atoms with Gasteiger partial charge in [-0.3, -0.25) is 10.2 Å². The SMILES string of the molecule is CCCCOc1ccc(Cl)c(C=NNc2nc(CC(=O)OCC)cs2)c1F. The monoisotopic (exact) mass is 413 g/mol. The molecule has 1 N–H and O–H groups in total. The minimum atomic E-state index is -0.564. The van der Waals surface area contributed by atoms with Crippen molar-refractivity contribution in [2.45, 2.75) is 33.1 Å². The third-order valence-electron chi connectivity index (χ3n) is 3.38. The van der Waals surface area contributed by atoms with Crippen LogP contribution in [0, 0.1) is 5.82 Å². The van der Waals surface area contributed by atoms with E-state index in [-0.39, 0.29) is 28.7 Å². The Hall–Kier alpha value is -2.19. The number of nitrogens with zero attached hydrogens (tertiary/aromatic N) is 2. The molecule has 1 aromatic heterocycles. The van der Waals surface area contributed by atoms with Crippen LogP contribution in [-0.2, 0) is 16.0 Å². The smallest absolute Gasteiger partial charge is 0.311 e. The number of halogens is 2. The standard InChI is InChI=1S/C18H21ClFN3O3S/c1-3-5-8-26-15-7-6-14(19)13(17(15)20)10-21-23-18-22-12(11-27-18)9-16(24)25-4-2/h6-7,10-11H,3-5,8-9H2,1-2H3,(H,22,23). The molecular weight excluding hydrogens is 393 g/mol. The molecule has 0 fully saturated rings. The van der Waals surface area contributed by atoms with Crippen LogP contribution in [0.5, 0.6) is 5.75 Å². The number of ether oxygens (including phenoxy) is 2. The van der Waals surface area contributed by atoms with Crippen LogP contribution in [0.2, 0.25) is 5.02 Å². The Morgan fingerprint density at radius 2 is 2.26 bits per heavy atom. The first kappa shape index (κ1) is 21.1. The van der Waals surface area contributed by atoms with Gasteiger partial charge >= 0.3 is 5.97 Å². The van der Waals surface area contributed by atoms with Gasteiger partial charge in [0, 0.05) is 5.38 Å². The number of nitrogens with one attached hydrogen (secondary N) is 1. The van der Waals surface area contributed by atoms with Gasteiger partial charge in [-0.15, -0.1) is 11.3 Å². The van der Waals surface area contributed by atoms with Crippen molar-refractivity contribution in [2.24, 2.45) is 5.10 Å². The van der Waals surface area contributed by atoms with E-state index in [9.17, 15) is 9.18 Å². The molecule has 1 aromatic carbocycles. The molecule has 0 radical (unpaired) electrons. The molecule has 0 saturated carbocycles. The Morgan fingerprint density at radius 1 is 1.44 bits per heavy atom. The fourth-order valence-corrected chi connectivity index (χ4v) is 2.91. The minimum absolute atomic E-state index is 0.0906. The van der Waals surface area contributed by atoms with E-state index >= 15 is 0 Å².